The zero-order valence-corrected chi connectivity index (χ0v) is 8.38. The van der Waals surface area contributed by atoms with Crippen LogP contribution >= 0.6 is 24.4 Å². The summed E-state index contributed by atoms with van der Waals surface area (Å²) in [6, 6.07) is 0. The lowest BCUT2D eigenvalue weighted by Crippen LogP contribution is -2.08. The van der Waals surface area contributed by atoms with Gasteiger partial charge in [0.25, 0.3) is 0 Å². The van der Waals surface area contributed by atoms with Gasteiger partial charge in [0.1, 0.15) is 5.69 Å². The summed E-state index contributed by atoms with van der Waals surface area (Å²) in [4.78, 5) is 6.89. The zero-order valence-electron chi connectivity index (χ0n) is 6.75. The van der Waals surface area contributed by atoms with E-state index in [4.69, 9.17) is 29.2 Å². The van der Waals surface area contributed by atoms with Crippen LogP contribution in [0, 0.1) is 6.92 Å². The minimum absolute atomic E-state index is 0.321. The lowest BCUT2D eigenvalue weighted by atomic mass is 10.4. The van der Waals surface area contributed by atoms with E-state index in [0.29, 0.717) is 15.8 Å². The molecule has 0 aliphatic carbocycles. The van der Waals surface area contributed by atoms with Crippen LogP contribution in [0.4, 0.5) is 0 Å². The van der Waals surface area contributed by atoms with Gasteiger partial charge in [-0.15, -0.1) is 0 Å². The van der Waals surface area contributed by atoms with Crippen molar-refractivity contribution >= 4 is 34.5 Å². The standard InChI is InChI=1S/C7H8N2OS2/c1-4-6(9-3-8-4)7(12)10-5(2)11/h3H,1-2H3,(H,8,9). The minimum Gasteiger partial charge on any atom is -0.437 e. The third-order valence-electron chi connectivity index (χ3n) is 1.26. The third-order valence-corrected chi connectivity index (χ3v) is 1.62. The van der Waals surface area contributed by atoms with E-state index in [1.165, 1.54) is 0 Å². The van der Waals surface area contributed by atoms with Crippen LogP contribution in [0.15, 0.2) is 6.33 Å². The SMILES string of the molecule is CC(=S)OC(=S)c1nc[nH]c1C. The summed E-state index contributed by atoms with van der Waals surface area (Å²) in [6.07, 6.45) is 1.57. The van der Waals surface area contributed by atoms with Gasteiger partial charge in [-0.25, -0.2) is 4.98 Å². The maximum absolute atomic E-state index is 5.06. The Morgan fingerprint density at radius 2 is 2.25 bits per heavy atom. The van der Waals surface area contributed by atoms with Crippen LogP contribution in [0.2, 0.25) is 0 Å². The van der Waals surface area contributed by atoms with E-state index in [1.54, 1.807) is 13.3 Å². The van der Waals surface area contributed by atoms with Crippen molar-refractivity contribution in [3.8, 4) is 0 Å². The van der Waals surface area contributed by atoms with Crippen molar-refractivity contribution in [3.63, 3.8) is 0 Å². The highest BCUT2D eigenvalue weighted by atomic mass is 32.1. The Morgan fingerprint density at radius 3 is 2.67 bits per heavy atom. The van der Waals surface area contributed by atoms with Gasteiger partial charge < -0.3 is 9.72 Å². The number of imidazole rings is 1. The quantitative estimate of drug-likeness (QED) is 0.701. The molecule has 0 aliphatic heterocycles. The number of hydrogen-bond donors (Lipinski definition) is 1. The molecule has 0 saturated carbocycles. The molecule has 5 heteroatoms. The molecule has 0 amide bonds. The highest BCUT2D eigenvalue weighted by Gasteiger charge is 2.08. The second kappa shape index (κ2) is 3.73. The maximum atomic E-state index is 5.06. The van der Waals surface area contributed by atoms with Crippen molar-refractivity contribution in [3.05, 3.63) is 17.7 Å². The molecule has 0 atom stereocenters. The van der Waals surface area contributed by atoms with Gasteiger partial charge >= 0.3 is 0 Å². The van der Waals surface area contributed by atoms with Gasteiger partial charge in [-0.1, -0.05) is 0 Å². The molecular weight excluding hydrogens is 192 g/mol. The predicted octanol–water partition coefficient (Wildman–Crippen LogP) is 1.76. The lowest BCUT2D eigenvalue weighted by molar-refractivity contribution is 0.570. The smallest absolute Gasteiger partial charge is 0.219 e. The van der Waals surface area contributed by atoms with Gasteiger partial charge in [0.15, 0.2) is 5.05 Å². The number of thiocarbonyl (C=S) groups is 2. The van der Waals surface area contributed by atoms with Gasteiger partial charge in [0.05, 0.1) is 6.33 Å². The largest absolute Gasteiger partial charge is 0.437 e. The van der Waals surface area contributed by atoms with E-state index in [0.717, 1.165) is 5.69 Å². The molecule has 1 N–H and O–H groups in total. The molecule has 0 saturated heterocycles. The van der Waals surface area contributed by atoms with Crippen LogP contribution in [0.1, 0.15) is 18.3 Å². The van der Waals surface area contributed by atoms with Gasteiger partial charge in [-0.05, 0) is 31.4 Å². The van der Waals surface area contributed by atoms with E-state index in [-0.39, 0.29) is 0 Å². The number of aromatic nitrogens is 2. The average Bonchev–Trinajstić information content (AvgIpc) is 2.33. The number of ether oxygens (including phenoxy) is 1. The fourth-order valence-electron chi connectivity index (χ4n) is 0.744. The Balaban J connectivity index is 2.78. The number of aryl methyl sites for hydroxylation is 1. The second-order valence-corrected chi connectivity index (χ2v) is 3.20. The molecule has 0 unspecified atom stereocenters. The molecule has 1 heterocycles. The zero-order chi connectivity index (χ0) is 9.14. The Hall–Kier alpha value is -0.810. The summed E-state index contributed by atoms with van der Waals surface area (Å²) in [7, 11) is 0. The van der Waals surface area contributed by atoms with E-state index in [2.05, 4.69) is 9.97 Å². The first-order chi connectivity index (χ1) is 5.61. The van der Waals surface area contributed by atoms with E-state index >= 15 is 0 Å². The topological polar surface area (TPSA) is 37.9 Å². The van der Waals surface area contributed by atoms with Crippen molar-refractivity contribution < 1.29 is 4.74 Å². The van der Waals surface area contributed by atoms with Crippen LogP contribution in [0.25, 0.3) is 0 Å². The van der Waals surface area contributed by atoms with Crippen LogP contribution in [-0.2, 0) is 4.74 Å². The summed E-state index contributed by atoms with van der Waals surface area (Å²) >= 11 is 9.69. The van der Waals surface area contributed by atoms with Crippen molar-refractivity contribution in [2.75, 3.05) is 0 Å². The van der Waals surface area contributed by atoms with Gasteiger partial charge in [0, 0.05) is 12.6 Å². The molecule has 64 valence electrons. The Labute approximate surface area is 81.2 Å². The normalized spacial score (nSPS) is 9.50. The first-order valence-electron chi connectivity index (χ1n) is 3.34. The summed E-state index contributed by atoms with van der Waals surface area (Å²) in [5.74, 6) is 0. The molecule has 0 bridgehead atoms. The van der Waals surface area contributed by atoms with Crippen molar-refractivity contribution in [1.82, 2.24) is 9.97 Å². The molecule has 0 radical (unpaired) electrons. The fourth-order valence-corrected chi connectivity index (χ4v) is 1.21. The summed E-state index contributed by atoms with van der Waals surface area (Å²) in [5.41, 5.74) is 1.53. The molecule has 3 nitrogen and oxygen atoms in total. The van der Waals surface area contributed by atoms with E-state index < -0.39 is 0 Å². The number of nitrogens with one attached hydrogen (secondary N) is 1. The Kier molecular flexibility index (Phi) is 2.88. The second-order valence-electron chi connectivity index (χ2n) is 2.26. The highest BCUT2D eigenvalue weighted by molar-refractivity contribution is 7.81. The molecule has 1 aromatic heterocycles. The number of H-pyrrole nitrogens is 1. The number of aromatic amines is 1. The number of hydrogen-bond acceptors (Lipinski definition) is 4. The minimum atomic E-state index is 0.321. The molecule has 0 fully saturated rings. The highest BCUT2D eigenvalue weighted by Crippen LogP contribution is 2.04. The Morgan fingerprint density at radius 1 is 1.58 bits per heavy atom. The van der Waals surface area contributed by atoms with Gasteiger partial charge in [0.2, 0.25) is 5.05 Å². The molecule has 1 rings (SSSR count). The summed E-state index contributed by atoms with van der Waals surface area (Å²) in [5, 5.41) is 0.726. The van der Waals surface area contributed by atoms with Crippen molar-refractivity contribution in [2.45, 2.75) is 13.8 Å². The molecule has 0 spiro atoms. The van der Waals surface area contributed by atoms with Crippen LogP contribution in [0.5, 0.6) is 0 Å². The first kappa shape index (κ1) is 9.28. The summed E-state index contributed by atoms with van der Waals surface area (Å²) in [6.45, 7) is 3.54. The van der Waals surface area contributed by atoms with E-state index in [1.807, 2.05) is 6.92 Å². The molecule has 12 heavy (non-hydrogen) atoms. The fraction of sp³-hybridized carbons (Fsp3) is 0.286. The van der Waals surface area contributed by atoms with Crippen molar-refractivity contribution in [1.29, 1.82) is 0 Å². The molecule has 1 aromatic rings. The van der Waals surface area contributed by atoms with Crippen LogP contribution in [-0.4, -0.2) is 20.1 Å². The number of nitrogens with zero attached hydrogens (tertiary/aromatic N) is 1. The Bertz CT molecular complexity index is 319. The number of rotatable bonds is 1. The van der Waals surface area contributed by atoms with Crippen LogP contribution < -0.4 is 0 Å². The van der Waals surface area contributed by atoms with Crippen molar-refractivity contribution in [2.24, 2.45) is 0 Å². The lowest BCUT2D eigenvalue weighted by Gasteiger charge is -2.01. The predicted molar refractivity (Wildman–Crippen MR) is 54.4 cm³/mol. The molecule has 0 aromatic carbocycles. The molecular formula is C7H8N2OS2. The van der Waals surface area contributed by atoms with E-state index in [9.17, 15) is 0 Å². The van der Waals surface area contributed by atoms with Gasteiger partial charge in [-0.2, -0.15) is 0 Å². The monoisotopic (exact) mass is 200 g/mol. The first-order valence-corrected chi connectivity index (χ1v) is 4.15. The maximum Gasteiger partial charge on any atom is 0.219 e. The molecule has 0 aliphatic rings. The van der Waals surface area contributed by atoms with Crippen LogP contribution in [0.3, 0.4) is 0 Å². The van der Waals surface area contributed by atoms with Gasteiger partial charge in [-0.3, -0.25) is 0 Å². The summed E-state index contributed by atoms with van der Waals surface area (Å²) < 4.78 is 5.06. The third kappa shape index (κ3) is 2.09. The average molecular weight is 200 g/mol.